The van der Waals surface area contributed by atoms with E-state index in [4.69, 9.17) is 0 Å². The Morgan fingerprint density at radius 3 is 2.75 bits per heavy atom. The molecule has 0 amide bonds. The van der Waals surface area contributed by atoms with Crippen molar-refractivity contribution >= 4 is 16.6 Å². The number of rotatable bonds is 5. The molecular weight excluding hydrogens is 254 g/mol. The van der Waals surface area contributed by atoms with Gasteiger partial charge in [-0.3, -0.25) is 15.1 Å². The first kappa shape index (κ1) is 14.4. The van der Waals surface area contributed by atoms with Gasteiger partial charge in [0.25, 0.3) is 5.69 Å². The molecule has 1 aromatic carbocycles. The molecule has 2 rings (SSSR count). The predicted molar refractivity (Wildman–Crippen MR) is 80.0 cm³/mol. The van der Waals surface area contributed by atoms with Gasteiger partial charge in [-0.15, -0.1) is 0 Å². The molecule has 0 saturated carbocycles. The summed E-state index contributed by atoms with van der Waals surface area (Å²) in [7, 11) is 0. The highest BCUT2D eigenvalue weighted by Crippen LogP contribution is 2.34. The fourth-order valence-electron chi connectivity index (χ4n) is 2.49. The number of benzene rings is 1. The zero-order valence-electron chi connectivity index (χ0n) is 12.0. The highest BCUT2D eigenvalue weighted by molar-refractivity contribution is 5.89. The third-order valence-electron chi connectivity index (χ3n) is 3.74. The van der Waals surface area contributed by atoms with E-state index in [1.807, 2.05) is 32.9 Å². The number of hydrogen-bond acceptors (Lipinski definition) is 4. The van der Waals surface area contributed by atoms with Crippen molar-refractivity contribution < 1.29 is 4.92 Å². The summed E-state index contributed by atoms with van der Waals surface area (Å²) in [6, 6.07) is 7.35. The number of nitro benzene ring substituents is 1. The van der Waals surface area contributed by atoms with Gasteiger partial charge in [-0.2, -0.15) is 0 Å². The van der Waals surface area contributed by atoms with Crippen LogP contribution in [0.4, 0.5) is 5.69 Å². The molecule has 0 fully saturated rings. The standard InChI is InChI=1S/C15H19N3O2/c1-4-16-11(3)10(2)12-7-8-14-13(6-5-9-17-14)15(12)18(19)20/h5-11,16H,4H2,1-3H3. The molecule has 1 aromatic heterocycles. The normalized spacial score (nSPS) is 14.2. The molecule has 0 aliphatic carbocycles. The maximum Gasteiger partial charge on any atom is 0.282 e. The Balaban J connectivity index is 2.58. The Bertz CT molecular complexity index is 628. The minimum absolute atomic E-state index is 0.0555. The Morgan fingerprint density at radius 2 is 2.10 bits per heavy atom. The van der Waals surface area contributed by atoms with Crippen molar-refractivity contribution in [2.24, 2.45) is 0 Å². The van der Waals surface area contributed by atoms with Crippen molar-refractivity contribution in [3.8, 4) is 0 Å². The maximum atomic E-state index is 11.5. The average Bonchev–Trinajstić information content (AvgIpc) is 2.45. The molecule has 0 bridgehead atoms. The summed E-state index contributed by atoms with van der Waals surface area (Å²) in [4.78, 5) is 15.4. The quantitative estimate of drug-likeness (QED) is 0.670. The van der Waals surface area contributed by atoms with Crippen molar-refractivity contribution in [3.63, 3.8) is 0 Å². The monoisotopic (exact) mass is 273 g/mol. The van der Waals surface area contributed by atoms with E-state index in [9.17, 15) is 10.1 Å². The molecule has 2 unspecified atom stereocenters. The van der Waals surface area contributed by atoms with Gasteiger partial charge in [0.15, 0.2) is 0 Å². The van der Waals surface area contributed by atoms with Gasteiger partial charge < -0.3 is 5.32 Å². The number of pyridine rings is 1. The van der Waals surface area contributed by atoms with Gasteiger partial charge in [0.05, 0.1) is 15.8 Å². The summed E-state index contributed by atoms with van der Waals surface area (Å²) in [6.45, 7) is 6.93. The van der Waals surface area contributed by atoms with Crippen molar-refractivity contribution in [1.29, 1.82) is 0 Å². The Morgan fingerprint density at radius 1 is 1.35 bits per heavy atom. The molecule has 2 aromatic rings. The second kappa shape index (κ2) is 5.96. The fourth-order valence-corrected chi connectivity index (χ4v) is 2.49. The number of nitro groups is 1. The maximum absolute atomic E-state index is 11.5. The third-order valence-corrected chi connectivity index (χ3v) is 3.74. The zero-order valence-corrected chi connectivity index (χ0v) is 12.0. The predicted octanol–water partition coefficient (Wildman–Crippen LogP) is 3.24. The van der Waals surface area contributed by atoms with Gasteiger partial charge >= 0.3 is 0 Å². The molecule has 20 heavy (non-hydrogen) atoms. The Hall–Kier alpha value is -2.01. The van der Waals surface area contributed by atoms with E-state index in [2.05, 4.69) is 10.3 Å². The molecule has 1 heterocycles. The first-order valence-corrected chi connectivity index (χ1v) is 6.81. The molecule has 0 aliphatic heterocycles. The van der Waals surface area contributed by atoms with Crippen LogP contribution in [-0.2, 0) is 0 Å². The lowest BCUT2D eigenvalue weighted by atomic mass is 9.91. The van der Waals surface area contributed by atoms with Gasteiger partial charge in [-0.1, -0.05) is 13.8 Å². The van der Waals surface area contributed by atoms with Crippen molar-refractivity contribution in [1.82, 2.24) is 10.3 Å². The number of nitrogens with zero attached hydrogens (tertiary/aromatic N) is 2. The zero-order chi connectivity index (χ0) is 14.7. The van der Waals surface area contributed by atoms with Crippen molar-refractivity contribution in [3.05, 3.63) is 46.1 Å². The van der Waals surface area contributed by atoms with Gasteiger partial charge in [-0.25, -0.2) is 0 Å². The van der Waals surface area contributed by atoms with Gasteiger partial charge in [-0.05, 0) is 37.7 Å². The molecule has 2 atom stereocenters. The third kappa shape index (κ3) is 2.63. The Labute approximate surface area is 118 Å². The minimum atomic E-state index is -0.297. The van der Waals surface area contributed by atoms with E-state index >= 15 is 0 Å². The van der Waals surface area contributed by atoms with E-state index < -0.39 is 0 Å². The number of fused-ring (bicyclic) bond motifs is 1. The molecular formula is C15H19N3O2. The number of likely N-dealkylation sites (N-methyl/N-ethyl adjacent to an activating group) is 1. The van der Waals surface area contributed by atoms with Crippen LogP contribution in [0.15, 0.2) is 30.5 Å². The molecule has 0 spiro atoms. The van der Waals surface area contributed by atoms with E-state index in [0.29, 0.717) is 10.9 Å². The van der Waals surface area contributed by atoms with E-state index in [1.165, 1.54) is 0 Å². The van der Waals surface area contributed by atoms with Crippen LogP contribution in [0.1, 0.15) is 32.3 Å². The summed E-state index contributed by atoms with van der Waals surface area (Å²) in [5.41, 5.74) is 1.59. The van der Waals surface area contributed by atoms with Crippen LogP contribution in [0.25, 0.3) is 10.9 Å². The largest absolute Gasteiger partial charge is 0.314 e. The smallest absolute Gasteiger partial charge is 0.282 e. The number of nitrogens with one attached hydrogen (secondary N) is 1. The number of hydrogen-bond donors (Lipinski definition) is 1. The van der Waals surface area contributed by atoms with Crippen LogP contribution in [0.2, 0.25) is 0 Å². The molecule has 0 aliphatic rings. The van der Waals surface area contributed by atoms with Crippen LogP contribution in [-0.4, -0.2) is 22.5 Å². The van der Waals surface area contributed by atoms with Crippen LogP contribution < -0.4 is 5.32 Å². The second-order valence-electron chi connectivity index (χ2n) is 4.97. The second-order valence-corrected chi connectivity index (χ2v) is 4.97. The lowest BCUT2D eigenvalue weighted by Crippen LogP contribution is -2.30. The summed E-state index contributed by atoms with van der Waals surface area (Å²) in [5.74, 6) is 0.0555. The van der Waals surface area contributed by atoms with Crippen molar-refractivity contribution in [2.45, 2.75) is 32.7 Å². The highest BCUT2D eigenvalue weighted by Gasteiger charge is 2.25. The summed E-state index contributed by atoms with van der Waals surface area (Å²) < 4.78 is 0. The highest BCUT2D eigenvalue weighted by atomic mass is 16.6. The lowest BCUT2D eigenvalue weighted by molar-refractivity contribution is -0.383. The fraction of sp³-hybridized carbons (Fsp3) is 0.400. The molecule has 106 valence electrons. The first-order valence-electron chi connectivity index (χ1n) is 6.81. The van der Waals surface area contributed by atoms with E-state index in [-0.39, 0.29) is 22.6 Å². The van der Waals surface area contributed by atoms with E-state index in [0.717, 1.165) is 12.1 Å². The SMILES string of the molecule is CCNC(C)C(C)c1ccc2ncccc2c1[N+](=O)[O-]. The van der Waals surface area contributed by atoms with Gasteiger partial charge in [0.1, 0.15) is 0 Å². The molecule has 5 nitrogen and oxygen atoms in total. The van der Waals surface area contributed by atoms with Crippen LogP contribution >= 0.6 is 0 Å². The molecule has 0 radical (unpaired) electrons. The Kier molecular flexibility index (Phi) is 4.29. The molecule has 1 N–H and O–H groups in total. The number of aromatic nitrogens is 1. The van der Waals surface area contributed by atoms with Gasteiger partial charge in [0.2, 0.25) is 0 Å². The average molecular weight is 273 g/mol. The van der Waals surface area contributed by atoms with Crippen LogP contribution in [0, 0.1) is 10.1 Å². The van der Waals surface area contributed by atoms with Crippen molar-refractivity contribution in [2.75, 3.05) is 6.54 Å². The molecule has 0 saturated heterocycles. The van der Waals surface area contributed by atoms with E-state index in [1.54, 1.807) is 18.3 Å². The topological polar surface area (TPSA) is 68.1 Å². The summed E-state index contributed by atoms with van der Waals surface area (Å²) in [5, 5.41) is 15.4. The minimum Gasteiger partial charge on any atom is -0.314 e. The first-order chi connectivity index (χ1) is 9.56. The summed E-state index contributed by atoms with van der Waals surface area (Å²) >= 11 is 0. The van der Waals surface area contributed by atoms with Crippen LogP contribution in [0.5, 0.6) is 0 Å². The van der Waals surface area contributed by atoms with Crippen LogP contribution in [0.3, 0.4) is 0 Å². The van der Waals surface area contributed by atoms with Gasteiger partial charge in [0, 0.05) is 23.7 Å². The molecule has 5 heteroatoms. The lowest BCUT2D eigenvalue weighted by Gasteiger charge is -2.21. The summed E-state index contributed by atoms with van der Waals surface area (Å²) in [6.07, 6.45) is 1.65.